The molecule has 0 saturated carbocycles. The molecule has 0 unspecified atom stereocenters. The summed E-state index contributed by atoms with van der Waals surface area (Å²) in [4.78, 5) is 3.77. The Morgan fingerprint density at radius 1 is 1.53 bits per heavy atom. The van der Waals surface area contributed by atoms with Crippen LogP contribution in [0.15, 0.2) is 23.4 Å². The monoisotopic (exact) mass is 242 g/mol. The Morgan fingerprint density at radius 2 is 2.27 bits per heavy atom. The van der Waals surface area contributed by atoms with Crippen LogP contribution in [0.25, 0.3) is 5.65 Å². The molecule has 2 aromatic rings. The highest BCUT2D eigenvalue weighted by atomic mass is 35.7. The predicted molar refractivity (Wildman–Crippen MR) is 50.7 cm³/mol. The van der Waals surface area contributed by atoms with E-state index in [-0.39, 0.29) is 11.3 Å². The van der Waals surface area contributed by atoms with Crippen LogP contribution < -0.4 is 0 Å². The Balaban J connectivity index is 2.99. The van der Waals surface area contributed by atoms with E-state index in [0.717, 1.165) is 4.52 Å². The van der Waals surface area contributed by atoms with E-state index in [2.05, 4.69) is 10.1 Å². The van der Waals surface area contributed by atoms with E-state index < -0.39 is 14.1 Å². The number of imidazole rings is 1. The van der Waals surface area contributed by atoms with Crippen molar-refractivity contribution in [1.29, 1.82) is 5.26 Å². The molecule has 76 valence electrons. The molecule has 0 bridgehead atoms. The average molecular weight is 243 g/mol. The first-order valence-corrected chi connectivity index (χ1v) is 6.03. The molecule has 15 heavy (non-hydrogen) atoms. The number of aromatic nitrogens is 3. The lowest BCUT2D eigenvalue weighted by Crippen LogP contribution is -2.01. The second-order valence-corrected chi connectivity index (χ2v) is 5.09. The minimum Gasteiger partial charge on any atom is -0.215 e. The molecule has 0 radical (unpaired) electrons. The minimum atomic E-state index is -4.04. The lowest BCUT2D eigenvalue weighted by Gasteiger charge is -1.94. The first-order valence-electron chi connectivity index (χ1n) is 3.72. The van der Waals surface area contributed by atoms with E-state index in [4.69, 9.17) is 15.9 Å². The van der Waals surface area contributed by atoms with Crippen molar-refractivity contribution in [2.45, 2.75) is 5.03 Å². The molecule has 0 saturated heterocycles. The number of hydrogen-bond acceptors (Lipinski definition) is 5. The summed E-state index contributed by atoms with van der Waals surface area (Å²) in [5.74, 6) is 0. The van der Waals surface area contributed by atoms with Crippen LogP contribution in [0.5, 0.6) is 0 Å². The molecular formula is C7H3ClN4O2S. The molecule has 6 nitrogen and oxygen atoms in total. The van der Waals surface area contributed by atoms with Gasteiger partial charge in [0, 0.05) is 16.9 Å². The van der Waals surface area contributed by atoms with Crippen molar-refractivity contribution in [3.05, 3.63) is 24.0 Å². The molecule has 2 heterocycles. The Labute approximate surface area is 89.1 Å². The molecule has 0 aliphatic heterocycles. The summed E-state index contributed by atoms with van der Waals surface area (Å²) in [5, 5.41) is 12.1. The summed E-state index contributed by atoms with van der Waals surface area (Å²) < 4.78 is 23.4. The Hall–Kier alpha value is -1.65. The maximum absolute atomic E-state index is 11.2. The molecule has 0 aromatic carbocycles. The first kappa shape index (κ1) is 9.89. The van der Waals surface area contributed by atoms with Crippen molar-refractivity contribution in [2.75, 3.05) is 0 Å². The minimum absolute atomic E-state index is 0.258. The van der Waals surface area contributed by atoms with Crippen LogP contribution in [0.3, 0.4) is 0 Å². The Morgan fingerprint density at radius 3 is 2.87 bits per heavy atom. The molecule has 2 rings (SSSR count). The van der Waals surface area contributed by atoms with Crippen LogP contribution in [-0.2, 0) is 9.05 Å². The standard InChI is InChI=1S/C7H3ClN4O2S/c8-15(13,14)7-5(4-9)11-6-2-1-3-10-12(6)7/h1-3H. The van der Waals surface area contributed by atoms with Gasteiger partial charge in [-0.05, 0) is 12.1 Å². The molecule has 0 aliphatic carbocycles. The van der Waals surface area contributed by atoms with Crippen LogP contribution in [0.1, 0.15) is 5.69 Å². The van der Waals surface area contributed by atoms with Gasteiger partial charge in [-0.2, -0.15) is 14.9 Å². The van der Waals surface area contributed by atoms with E-state index in [1.54, 1.807) is 12.1 Å². The van der Waals surface area contributed by atoms with E-state index in [0.29, 0.717) is 0 Å². The zero-order chi connectivity index (χ0) is 11.1. The highest BCUT2D eigenvalue weighted by Crippen LogP contribution is 2.19. The summed E-state index contributed by atoms with van der Waals surface area (Å²) >= 11 is 0. The van der Waals surface area contributed by atoms with Gasteiger partial charge < -0.3 is 0 Å². The third kappa shape index (κ3) is 1.54. The molecule has 2 aromatic heterocycles. The van der Waals surface area contributed by atoms with Crippen molar-refractivity contribution in [3.63, 3.8) is 0 Å². The third-order valence-corrected chi connectivity index (χ3v) is 2.96. The summed E-state index contributed by atoms with van der Waals surface area (Å²) in [5.41, 5.74) is -0.00280. The summed E-state index contributed by atoms with van der Waals surface area (Å²) in [6.07, 6.45) is 1.38. The van der Waals surface area contributed by atoms with E-state index in [1.807, 2.05) is 0 Å². The fourth-order valence-electron chi connectivity index (χ4n) is 1.16. The van der Waals surface area contributed by atoms with E-state index >= 15 is 0 Å². The fourth-order valence-corrected chi connectivity index (χ4v) is 2.24. The van der Waals surface area contributed by atoms with Crippen LogP contribution in [0.4, 0.5) is 0 Å². The summed E-state index contributed by atoms with van der Waals surface area (Å²) in [6.45, 7) is 0. The van der Waals surface area contributed by atoms with Gasteiger partial charge in [0.25, 0.3) is 9.05 Å². The van der Waals surface area contributed by atoms with Crippen LogP contribution in [0.2, 0.25) is 0 Å². The van der Waals surface area contributed by atoms with Gasteiger partial charge in [-0.15, -0.1) is 0 Å². The Bertz CT molecular complexity index is 670. The average Bonchev–Trinajstić information content (AvgIpc) is 2.54. The molecule has 0 aliphatic rings. The number of halogens is 1. The maximum atomic E-state index is 11.2. The van der Waals surface area contributed by atoms with Gasteiger partial charge in [0.15, 0.2) is 11.3 Å². The smallest absolute Gasteiger partial charge is 0.215 e. The fraction of sp³-hybridized carbons (Fsp3) is 0. The highest BCUT2D eigenvalue weighted by Gasteiger charge is 2.23. The van der Waals surface area contributed by atoms with Gasteiger partial charge in [-0.3, -0.25) is 0 Å². The van der Waals surface area contributed by atoms with Crippen molar-refractivity contribution in [2.24, 2.45) is 0 Å². The van der Waals surface area contributed by atoms with E-state index in [9.17, 15) is 8.42 Å². The number of fused-ring (bicyclic) bond motifs is 1. The SMILES string of the molecule is N#Cc1nc2cccnn2c1S(=O)(=O)Cl. The van der Waals surface area contributed by atoms with Gasteiger partial charge in [-0.25, -0.2) is 13.4 Å². The van der Waals surface area contributed by atoms with Gasteiger partial charge in [0.2, 0.25) is 5.03 Å². The topological polar surface area (TPSA) is 88.1 Å². The second kappa shape index (κ2) is 3.18. The molecule has 0 fully saturated rings. The normalized spacial score (nSPS) is 11.5. The van der Waals surface area contributed by atoms with Crippen LogP contribution in [0, 0.1) is 11.3 Å². The maximum Gasteiger partial charge on any atom is 0.281 e. The van der Waals surface area contributed by atoms with Crippen LogP contribution >= 0.6 is 10.7 Å². The van der Waals surface area contributed by atoms with Crippen molar-refractivity contribution >= 4 is 25.4 Å². The second-order valence-electron chi connectivity index (χ2n) is 2.61. The van der Waals surface area contributed by atoms with Crippen molar-refractivity contribution < 1.29 is 8.42 Å². The summed E-state index contributed by atoms with van der Waals surface area (Å²) in [7, 11) is 1.14. The molecular weight excluding hydrogens is 240 g/mol. The van der Waals surface area contributed by atoms with Crippen LogP contribution in [-0.4, -0.2) is 23.0 Å². The van der Waals surface area contributed by atoms with Crippen molar-refractivity contribution in [1.82, 2.24) is 14.6 Å². The lowest BCUT2D eigenvalue weighted by molar-refractivity contribution is 0.601. The summed E-state index contributed by atoms with van der Waals surface area (Å²) in [6, 6.07) is 4.76. The van der Waals surface area contributed by atoms with Gasteiger partial charge >= 0.3 is 0 Å². The van der Waals surface area contributed by atoms with Gasteiger partial charge in [0.05, 0.1) is 0 Å². The number of nitrogens with zero attached hydrogens (tertiary/aromatic N) is 4. The highest BCUT2D eigenvalue weighted by molar-refractivity contribution is 8.13. The van der Waals surface area contributed by atoms with Gasteiger partial charge in [0.1, 0.15) is 6.07 Å². The molecule has 0 amide bonds. The van der Waals surface area contributed by atoms with E-state index in [1.165, 1.54) is 12.3 Å². The molecule has 0 spiro atoms. The largest absolute Gasteiger partial charge is 0.281 e. The quantitative estimate of drug-likeness (QED) is 0.681. The number of nitriles is 1. The Kier molecular flexibility index (Phi) is 2.10. The molecule has 0 N–H and O–H groups in total. The molecule has 0 atom stereocenters. The lowest BCUT2D eigenvalue weighted by atomic mass is 10.5. The predicted octanol–water partition coefficient (Wildman–Crippen LogP) is 0.528. The number of rotatable bonds is 1. The zero-order valence-electron chi connectivity index (χ0n) is 7.12. The molecule has 8 heteroatoms. The zero-order valence-corrected chi connectivity index (χ0v) is 8.70. The number of hydrogen-bond donors (Lipinski definition) is 0. The third-order valence-electron chi connectivity index (χ3n) is 1.69. The van der Waals surface area contributed by atoms with Gasteiger partial charge in [-0.1, -0.05) is 0 Å². The first-order chi connectivity index (χ1) is 7.04. The van der Waals surface area contributed by atoms with Crippen molar-refractivity contribution in [3.8, 4) is 6.07 Å².